The number of thiophene rings is 1. The van der Waals surface area contributed by atoms with Crippen LogP contribution in [0.5, 0.6) is 0 Å². The maximum Gasteiger partial charge on any atom is 0.351 e. The van der Waals surface area contributed by atoms with Gasteiger partial charge in [0.25, 0.3) is 0 Å². The highest BCUT2D eigenvalue weighted by molar-refractivity contribution is 7.08. The standard InChI is InChI=1S/C14H10Cl2O4S/c1-19-14(18)12(9-4-10(15)6-11(16)5-9)20-13(17)8-2-3-21-7-8/h2-7,12H,1H3/t12-/m0/s1. The van der Waals surface area contributed by atoms with E-state index in [2.05, 4.69) is 4.74 Å². The van der Waals surface area contributed by atoms with E-state index in [0.717, 1.165) is 0 Å². The Morgan fingerprint density at radius 2 is 1.86 bits per heavy atom. The molecule has 0 saturated carbocycles. The summed E-state index contributed by atoms with van der Waals surface area (Å²) in [6.07, 6.45) is -1.22. The molecule has 21 heavy (non-hydrogen) atoms. The van der Waals surface area contributed by atoms with Gasteiger partial charge in [0.1, 0.15) is 0 Å². The number of rotatable bonds is 4. The first kappa shape index (κ1) is 15.8. The number of ether oxygens (including phenoxy) is 2. The Bertz CT molecular complexity index is 635. The fourth-order valence-corrected chi connectivity index (χ4v) is 2.81. The monoisotopic (exact) mass is 344 g/mol. The lowest BCUT2D eigenvalue weighted by molar-refractivity contribution is -0.151. The summed E-state index contributed by atoms with van der Waals surface area (Å²) >= 11 is 13.2. The van der Waals surface area contributed by atoms with Crippen LogP contribution in [-0.2, 0) is 14.3 Å². The van der Waals surface area contributed by atoms with Gasteiger partial charge in [0.05, 0.1) is 12.7 Å². The Balaban J connectivity index is 2.30. The highest BCUT2D eigenvalue weighted by Crippen LogP contribution is 2.27. The number of benzene rings is 1. The lowest BCUT2D eigenvalue weighted by atomic mass is 10.1. The van der Waals surface area contributed by atoms with E-state index in [0.29, 0.717) is 21.2 Å². The van der Waals surface area contributed by atoms with Gasteiger partial charge in [-0.05, 0) is 29.6 Å². The van der Waals surface area contributed by atoms with Gasteiger partial charge in [0.2, 0.25) is 6.10 Å². The second-order valence-electron chi connectivity index (χ2n) is 4.02. The molecule has 0 radical (unpaired) electrons. The van der Waals surface area contributed by atoms with Crippen molar-refractivity contribution in [3.05, 3.63) is 56.2 Å². The minimum absolute atomic E-state index is 0.331. The summed E-state index contributed by atoms with van der Waals surface area (Å²) in [5.74, 6) is -1.33. The Kier molecular flexibility index (Phi) is 5.22. The molecule has 0 aliphatic carbocycles. The minimum atomic E-state index is -1.22. The molecule has 7 heteroatoms. The smallest absolute Gasteiger partial charge is 0.351 e. The van der Waals surface area contributed by atoms with Gasteiger partial charge in [0, 0.05) is 21.0 Å². The summed E-state index contributed by atoms with van der Waals surface area (Å²) < 4.78 is 9.88. The van der Waals surface area contributed by atoms with Gasteiger partial charge < -0.3 is 9.47 Å². The number of carbonyl (C=O) groups excluding carboxylic acids is 2. The van der Waals surface area contributed by atoms with Crippen LogP contribution < -0.4 is 0 Å². The average Bonchev–Trinajstić information content (AvgIpc) is 2.96. The Morgan fingerprint density at radius 1 is 1.19 bits per heavy atom. The first-order valence-corrected chi connectivity index (χ1v) is 7.48. The van der Waals surface area contributed by atoms with Crippen molar-refractivity contribution in [2.24, 2.45) is 0 Å². The molecule has 0 N–H and O–H groups in total. The van der Waals surface area contributed by atoms with E-state index < -0.39 is 18.0 Å². The van der Waals surface area contributed by atoms with Crippen LogP contribution in [0.15, 0.2) is 35.0 Å². The minimum Gasteiger partial charge on any atom is -0.466 e. The maximum absolute atomic E-state index is 12.0. The summed E-state index contributed by atoms with van der Waals surface area (Å²) in [5.41, 5.74) is 0.713. The summed E-state index contributed by atoms with van der Waals surface area (Å²) in [5, 5.41) is 4.03. The predicted molar refractivity (Wildman–Crippen MR) is 81.0 cm³/mol. The number of halogens is 2. The van der Waals surface area contributed by atoms with Gasteiger partial charge in [-0.1, -0.05) is 23.2 Å². The Hall–Kier alpha value is -1.56. The van der Waals surface area contributed by atoms with E-state index >= 15 is 0 Å². The third-order valence-electron chi connectivity index (χ3n) is 2.58. The molecule has 0 spiro atoms. The van der Waals surface area contributed by atoms with Gasteiger partial charge in [-0.2, -0.15) is 11.3 Å². The van der Waals surface area contributed by atoms with Crippen molar-refractivity contribution in [1.82, 2.24) is 0 Å². The third-order valence-corrected chi connectivity index (χ3v) is 3.70. The molecule has 0 fully saturated rings. The molecule has 0 aliphatic rings. The molecular formula is C14H10Cl2O4S. The van der Waals surface area contributed by atoms with Crippen molar-refractivity contribution < 1.29 is 19.1 Å². The van der Waals surface area contributed by atoms with E-state index in [1.54, 1.807) is 16.8 Å². The first-order valence-electron chi connectivity index (χ1n) is 5.78. The molecular weight excluding hydrogens is 335 g/mol. The van der Waals surface area contributed by atoms with Crippen molar-refractivity contribution in [1.29, 1.82) is 0 Å². The van der Waals surface area contributed by atoms with Crippen molar-refractivity contribution in [2.45, 2.75) is 6.10 Å². The molecule has 1 heterocycles. The molecule has 4 nitrogen and oxygen atoms in total. The summed E-state index contributed by atoms with van der Waals surface area (Å²) in [6.45, 7) is 0. The van der Waals surface area contributed by atoms with Crippen molar-refractivity contribution in [3.8, 4) is 0 Å². The van der Waals surface area contributed by atoms with Crippen LogP contribution >= 0.6 is 34.5 Å². The highest BCUT2D eigenvalue weighted by atomic mass is 35.5. The largest absolute Gasteiger partial charge is 0.466 e. The van der Waals surface area contributed by atoms with Crippen LogP contribution in [0.4, 0.5) is 0 Å². The number of carbonyl (C=O) groups is 2. The molecule has 0 amide bonds. The Morgan fingerprint density at radius 3 is 2.38 bits per heavy atom. The van der Waals surface area contributed by atoms with Gasteiger partial charge in [-0.15, -0.1) is 0 Å². The zero-order chi connectivity index (χ0) is 15.4. The first-order chi connectivity index (χ1) is 10.0. The topological polar surface area (TPSA) is 52.6 Å². The summed E-state index contributed by atoms with van der Waals surface area (Å²) in [4.78, 5) is 23.8. The summed E-state index contributed by atoms with van der Waals surface area (Å²) in [6, 6.07) is 6.11. The molecule has 0 saturated heterocycles. The number of esters is 2. The molecule has 1 atom stereocenters. The molecule has 2 aromatic rings. The lowest BCUT2D eigenvalue weighted by Crippen LogP contribution is -2.21. The average molecular weight is 345 g/mol. The zero-order valence-corrected chi connectivity index (χ0v) is 13.2. The summed E-state index contributed by atoms with van der Waals surface area (Å²) in [7, 11) is 1.21. The number of hydrogen-bond donors (Lipinski definition) is 0. The Labute approximate surface area is 135 Å². The van der Waals surface area contributed by atoms with Gasteiger partial charge in [-0.25, -0.2) is 9.59 Å². The molecule has 0 bridgehead atoms. The van der Waals surface area contributed by atoms with Crippen LogP contribution in [0.2, 0.25) is 10.0 Å². The third kappa shape index (κ3) is 3.97. The van der Waals surface area contributed by atoms with E-state index in [1.807, 2.05) is 0 Å². The van der Waals surface area contributed by atoms with Crippen LogP contribution in [0.3, 0.4) is 0 Å². The second-order valence-corrected chi connectivity index (χ2v) is 5.68. The van der Waals surface area contributed by atoms with Crippen molar-refractivity contribution in [3.63, 3.8) is 0 Å². The van der Waals surface area contributed by atoms with Gasteiger partial charge in [0.15, 0.2) is 0 Å². The lowest BCUT2D eigenvalue weighted by Gasteiger charge is -2.16. The van der Waals surface area contributed by atoms with Gasteiger partial charge >= 0.3 is 11.9 Å². The van der Waals surface area contributed by atoms with E-state index in [1.165, 1.54) is 36.6 Å². The molecule has 1 aromatic carbocycles. The predicted octanol–water partition coefficient (Wildman–Crippen LogP) is 4.13. The molecule has 2 rings (SSSR count). The molecule has 0 aliphatic heterocycles. The maximum atomic E-state index is 12.0. The van der Waals surface area contributed by atoms with E-state index in [4.69, 9.17) is 27.9 Å². The van der Waals surface area contributed by atoms with Crippen molar-refractivity contribution in [2.75, 3.05) is 7.11 Å². The van der Waals surface area contributed by atoms with E-state index in [9.17, 15) is 9.59 Å². The molecule has 110 valence electrons. The van der Waals surface area contributed by atoms with Gasteiger partial charge in [-0.3, -0.25) is 0 Å². The normalized spacial score (nSPS) is 11.8. The van der Waals surface area contributed by atoms with Crippen LogP contribution in [0, 0.1) is 0 Å². The zero-order valence-electron chi connectivity index (χ0n) is 10.8. The number of hydrogen-bond acceptors (Lipinski definition) is 5. The SMILES string of the molecule is COC(=O)[C@@H](OC(=O)c1ccsc1)c1cc(Cl)cc(Cl)c1. The fourth-order valence-electron chi connectivity index (χ4n) is 1.64. The second kappa shape index (κ2) is 6.93. The molecule has 1 aromatic heterocycles. The van der Waals surface area contributed by atoms with Crippen molar-refractivity contribution >= 4 is 46.5 Å². The fraction of sp³-hybridized carbons (Fsp3) is 0.143. The van der Waals surface area contributed by atoms with E-state index in [-0.39, 0.29) is 0 Å². The highest BCUT2D eigenvalue weighted by Gasteiger charge is 2.27. The quantitative estimate of drug-likeness (QED) is 0.782. The van der Waals surface area contributed by atoms with Crippen LogP contribution in [0.25, 0.3) is 0 Å². The van der Waals surface area contributed by atoms with Crippen LogP contribution in [-0.4, -0.2) is 19.0 Å². The number of methoxy groups -OCH3 is 1. The van der Waals surface area contributed by atoms with Crippen LogP contribution in [0.1, 0.15) is 22.0 Å². The molecule has 0 unspecified atom stereocenters.